The number of anilines is 1. The molecule has 2 heterocycles. The number of hydrogen-bond acceptors (Lipinski definition) is 5. The van der Waals surface area contributed by atoms with Gasteiger partial charge in [0.2, 0.25) is 5.91 Å². The number of halogens is 4. The molecule has 3 amide bonds. The Bertz CT molecular complexity index is 1110. The van der Waals surface area contributed by atoms with Crippen LogP contribution < -0.4 is 10.6 Å². The van der Waals surface area contributed by atoms with E-state index in [0.29, 0.717) is 0 Å². The van der Waals surface area contributed by atoms with E-state index in [9.17, 15) is 31.9 Å². The summed E-state index contributed by atoms with van der Waals surface area (Å²) < 4.78 is 54.4. The monoisotopic (exact) mass is 482 g/mol. The summed E-state index contributed by atoms with van der Waals surface area (Å²) in [6.07, 6.45) is 0.0551. The second-order valence-electron chi connectivity index (χ2n) is 8.82. The van der Waals surface area contributed by atoms with Crippen LogP contribution in [0, 0.1) is 24.5 Å². The fourth-order valence-electron chi connectivity index (χ4n) is 4.61. The minimum absolute atomic E-state index is 0.0193. The number of nitrogens with zero attached hydrogens (tertiary/aromatic N) is 3. The molecule has 9 nitrogen and oxygen atoms in total. The average Bonchev–Trinajstić information content (AvgIpc) is 3.40. The minimum Gasteiger partial charge on any atom is -0.336 e. The molecule has 2 aliphatic rings. The summed E-state index contributed by atoms with van der Waals surface area (Å²) in [5, 5.41) is 14.5. The summed E-state index contributed by atoms with van der Waals surface area (Å²) in [7, 11) is 0. The van der Waals surface area contributed by atoms with Gasteiger partial charge < -0.3 is 15.5 Å². The summed E-state index contributed by atoms with van der Waals surface area (Å²) in [5.74, 6) is -8.44. The fourth-order valence-corrected chi connectivity index (χ4v) is 4.61. The highest BCUT2D eigenvalue weighted by molar-refractivity contribution is 6.35. The third kappa shape index (κ3) is 4.21. The van der Waals surface area contributed by atoms with Gasteiger partial charge in [0, 0.05) is 43.4 Å². The van der Waals surface area contributed by atoms with Crippen LogP contribution in [-0.2, 0) is 19.9 Å². The number of carbonyl (C=O) groups is 3. The van der Waals surface area contributed by atoms with E-state index in [-0.39, 0.29) is 29.9 Å². The van der Waals surface area contributed by atoms with Gasteiger partial charge >= 0.3 is 11.8 Å². The summed E-state index contributed by atoms with van der Waals surface area (Å²) in [5.41, 5.74) is -1.34. The van der Waals surface area contributed by atoms with Crippen molar-refractivity contribution in [3.63, 3.8) is 0 Å². The number of aromatic nitrogens is 3. The molecule has 182 valence electrons. The topological polar surface area (TPSA) is 120 Å². The van der Waals surface area contributed by atoms with Crippen molar-refractivity contribution in [2.75, 3.05) is 11.9 Å². The van der Waals surface area contributed by atoms with Crippen molar-refractivity contribution < 1.29 is 31.9 Å². The fraction of sp³-hybridized carbons (Fsp3) is 0.476. The first kappa shape index (κ1) is 23.6. The van der Waals surface area contributed by atoms with Gasteiger partial charge in [-0.2, -0.15) is 0 Å². The van der Waals surface area contributed by atoms with Crippen LogP contribution in [0.1, 0.15) is 37.4 Å². The van der Waals surface area contributed by atoms with Gasteiger partial charge in [0.1, 0.15) is 5.69 Å². The Morgan fingerprint density at radius 1 is 1.21 bits per heavy atom. The maximum Gasteiger partial charge on any atom is 0.312 e. The Balaban J connectivity index is 1.42. The molecule has 1 aliphatic carbocycles. The number of nitrogens with one attached hydrogen (secondary N) is 3. The Kier molecular flexibility index (Phi) is 5.82. The van der Waals surface area contributed by atoms with E-state index in [1.165, 1.54) is 24.1 Å². The lowest BCUT2D eigenvalue weighted by molar-refractivity contribution is -0.160. The molecule has 1 aliphatic heterocycles. The van der Waals surface area contributed by atoms with E-state index in [1.807, 2.05) is 0 Å². The lowest BCUT2D eigenvalue weighted by Crippen LogP contribution is -2.62. The Morgan fingerprint density at radius 2 is 1.91 bits per heavy atom. The van der Waals surface area contributed by atoms with Crippen molar-refractivity contribution in [1.82, 2.24) is 25.6 Å². The molecule has 13 heteroatoms. The molecular weight excluding hydrogens is 460 g/mol. The van der Waals surface area contributed by atoms with Gasteiger partial charge in [-0.05, 0) is 31.9 Å². The zero-order chi connectivity index (χ0) is 24.8. The lowest BCUT2D eigenvalue weighted by atomic mass is 9.71. The van der Waals surface area contributed by atoms with Crippen LogP contribution in [0.2, 0.25) is 0 Å². The van der Waals surface area contributed by atoms with E-state index in [1.54, 1.807) is 6.92 Å². The number of benzene rings is 1. The molecule has 2 atom stereocenters. The zero-order valence-electron chi connectivity index (χ0n) is 18.3. The van der Waals surface area contributed by atoms with Crippen LogP contribution in [0.25, 0.3) is 0 Å². The first-order chi connectivity index (χ1) is 15.9. The summed E-state index contributed by atoms with van der Waals surface area (Å²) in [6, 6.07) is 1.44. The lowest BCUT2D eigenvalue weighted by Gasteiger charge is -2.46. The van der Waals surface area contributed by atoms with E-state index in [2.05, 4.69) is 26.0 Å². The second kappa shape index (κ2) is 8.37. The van der Waals surface area contributed by atoms with E-state index in [0.717, 1.165) is 6.07 Å². The molecule has 1 aromatic carbocycles. The number of rotatable bonds is 4. The Hall–Kier alpha value is -3.51. The van der Waals surface area contributed by atoms with Crippen molar-refractivity contribution in [1.29, 1.82) is 0 Å². The molecule has 0 radical (unpaired) electrons. The van der Waals surface area contributed by atoms with E-state index in [4.69, 9.17) is 0 Å². The standard InChI is InChI=1S/C21H22F4N6O3/c1-10-5-12(6-14(22)16(10)23)27-17(32)13-3-4-31(11(13)2)19(34)18(33)28-20(8-21(24,25)9-20)15-7-26-30-29-15/h5-7,11,13H,3-4,8-9H2,1-2H3,(H,27,32)(H,28,33)(H,26,29,30)/t11-,13-/m0/s1. The molecule has 0 unspecified atom stereocenters. The maximum atomic E-state index is 13.6. The molecule has 2 aromatic rings. The predicted molar refractivity (Wildman–Crippen MR) is 109 cm³/mol. The number of hydrogen-bond donors (Lipinski definition) is 3. The van der Waals surface area contributed by atoms with Gasteiger partial charge in [-0.1, -0.05) is 5.21 Å². The number of H-pyrrole nitrogens is 1. The largest absolute Gasteiger partial charge is 0.336 e. The maximum absolute atomic E-state index is 13.6. The third-order valence-corrected chi connectivity index (χ3v) is 6.41. The SMILES string of the molecule is Cc1cc(NC(=O)[C@H]2CCN(C(=O)C(=O)NC3(c4c[nH]nn4)CC(F)(F)C3)[C@H]2C)cc(F)c1F. The number of amides is 3. The molecule has 3 N–H and O–H groups in total. The molecular formula is C21H22F4N6O3. The first-order valence-electron chi connectivity index (χ1n) is 10.6. The molecule has 0 bridgehead atoms. The van der Waals surface area contributed by atoms with E-state index < -0.39 is 65.6 Å². The number of alkyl halides is 2. The summed E-state index contributed by atoms with van der Waals surface area (Å²) >= 11 is 0. The molecule has 1 saturated heterocycles. The van der Waals surface area contributed by atoms with E-state index >= 15 is 0 Å². The number of carbonyl (C=O) groups excluding carboxylic acids is 3. The van der Waals surface area contributed by atoms with Crippen molar-refractivity contribution in [2.45, 2.75) is 50.6 Å². The van der Waals surface area contributed by atoms with Gasteiger partial charge in [0.25, 0.3) is 5.92 Å². The van der Waals surface area contributed by atoms with Gasteiger partial charge in [-0.3, -0.25) is 19.5 Å². The van der Waals surface area contributed by atoms with Crippen LogP contribution in [-0.4, -0.2) is 56.5 Å². The van der Waals surface area contributed by atoms with Gasteiger partial charge in [-0.15, -0.1) is 5.10 Å². The molecule has 0 spiro atoms. The molecule has 2 fully saturated rings. The smallest absolute Gasteiger partial charge is 0.312 e. The van der Waals surface area contributed by atoms with Crippen LogP contribution in [0.4, 0.5) is 23.2 Å². The predicted octanol–water partition coefficient (Wildman–Crippen LogP) is 2.01. The summed E-state index contributed by atoms with van der Waals surface area (Å²) in [4.78, 5) is 39.4. The zero-order valence-corrected chi connectivity index (χ0v) is 18.3. The van der Waals surface area contributed by atoms with Crippen LogP contribution in [0.5, 0.6) is 0 Å². The van der Waals surface area contributed by atoms with Gasteiger partial charge in [0.05, 0.1) is 11.5 Å². The first-order valence-corrected chi connectivity index (χ1v) is 10.6. The quantitative estimate of drug-likeness (QED) is 0.455. The Labute approximate surface area is 191 Å². The highest BCUT2D eigenvalue weighted by Crippen LogP contribution is 2.51. The van der Waals surface area contributed by atoms with Crippen LogP contribution >= 0.6 is 0 Å². The average molecular weight is 482 g/mol. The second-order valence-corrected chi connectivity index (χ2v) is 8.82. The molecule has 1 saturated carbocycles. The number of aromatic amines is 1. The van der Waals surface area contributed by atoms with Crippen LogP contribution in [0.3, 0.4) is 0 Å². The molecule has 1 aromatic heterocycles. The molecule has 4 rings (SSSR count). The van der Waals surface area contributed by atoms with Gasteiger partial charge in [0.15, 0.2) is 11.6 Å². The summed E-state index contributed by atoms with van der Waals surface area (Å²) in [6.45, 7) is 3.01. The molecule has 34 heavy (non-hydrogen) atoms. The number of aryl methyl sites for hydroxylation is 1. The van der Waals surface area contributed by atoms with Gasteiger partial charge in [-0.25, -0.2) is 17.6 Å². The third-order valence-electron chi connectivity index (χ3n) is 6.41. The van der Waals surface area contributed by atoms with Crippen molar-refractivity contribution in [3.8, 4) is 0 Å². The highest BCUT2D eigenvalue weighted by atomic mass is 19.3. The number of likely N-dealkylation sites (tertiary alicyclic amines) is 1. The van der Waals surface area contributed by atoms with Crippen LogP contribution in [0.15, 0.2) is 18.3 Å². The van der Waals surface area contributed by atoms with Crippen molar-refractivity contribution in [3.05, 3.63) is 41.2 Å². The van der Waals surface area contributed by atoms with Crippen molar-refractivity contribution >= 4 is 23.4 Å². The normalized spacial score (nSPS) is 22.7. The minimum atomic E-state index is -3.02. The highest BCUT2D eigenvalue weighted by Gasteiger charge is 2.60. The van der Waals surface area contributed by atoms with Crippen molar-refractivity contribution in [2.24, 2.45) is 5.92 Å². The Morgan fingerprint density at radius 3 is 2.50 bits per heavy atom.